The van der Waals surface area contributed by atoms with E-state index in [4.69, 9.17) is 11.6 Å². The van der Waals surface area contributed by atoms with Crippen LogP contribution in [0.5, 0.6) is 5.75 Å². The maximum atomic E-state index is 11.8. The summed E-state index contributed by atoms with van der Waals surface area (Å²) in [4.78, 5) is 18.8. The SMILES string of the molecule is O=C(NCCc1ncc[nH]1)c1cc(Cl)ccc1O. The van der Waals surface area contributed by atoms with Crippen molar-refractivity contribution in [2.45, 2.75) is 6.42 Å². The molecule has 0 radical (unpaired) electrons. The van der Waals surface area contributed by atoms with E-state index in [0.717, 1.165) is 5.82 Å². The molecule has 0 aliphatic carbocycles. The maximum Gasteiger partial charge on any atom is 0.255 e. The summed E-state index contributed by atoms with van der Waals surface area (Å²) < 4.78 is 0. The number of imidazole rings is 1. The fourth-order valence-electron chi connectivity index (χ4n) is 1.51. The first-order chi connectivity index (χ1) is 8.66. The van der Waals surface area contributed by atoms with Crippen LogP contribution in [-0.2, 0) is 6.42 Å². The van der Waals surface area contributed by atoms with Gasteiger partial charge in [0, 0.05) is 30.4 Å². The number of carbonyl (C=O) groups is 1. The first kappa shape index (κ1) is 12.4. The quantitative estimate of drug-likeness (QED) is 0.788. The van der Waals surface area contributed by atoms with Crippen molar-refractivity contribution in [3.8, 4) is 5.75 Å². The van der Waals surface area contributed by atoms with Gasteiger partial charge >= 0.3 is 0 Å². The number of hydrogen-bond acceptors (Lipinski definition) is 3. The number of hydrogen-bond donors (Lipinski definition) is 3. The Morgan fingerprint density at radius 1 is 1.50 bits per heavy atom. The molecule has 0 bridgehead atoms. The molecule has 0 unspecified atom stereocenters. The molecule has 6 heteroatoms. The minimum absolute atomic E-state index is 0.0881. The van der Waals surface area contributed by atoms with Gasteiger partial charge in [-0.3, -0.25) is 4.79 Å². The Labute approximate surface area is 109 Å². The third-order valence-electron chi connectivity index (χ3n) is 2.41. The molecule has 3 N–H and O–H groups in total. The van der Waals surface area contributed by atoms with E-state index < -0.39 is 0 Å². The van der Waals surface area contributed by atoms with Crippen molar-refractivity contribution in [2.24, 2.45) is 0 Å². The predicted molar refractivity (Wildman–Crippen MR) is 67.7 cm³/mol. The summed E-state index contributed by atoms with van der Waals surface area (Å²) in [7, 11) is 0. The lowest BCUT2D eigenvalue weighted by atomic mass is 10.2. The second-order valence-electron chi connectivity index (χ2n) is 3.70. The number of rotatable bonds is 4. The first-order valence-electron chi connectivity index (χ1n) is 5.42. The molecule has 0 aliphatic heterocycles. The highest BCUT2D eigenvalue weighted by Gasteiger charge is 2.11. The van der Waals surface area contributed by atoms with Crippen LogP contribution in [0.15, 0.2) is 30.6 Å². The van der Waals surface area contributed by atoms with Gasteiger partial charge in [-0.15, -0.1) is 0 Å². The lowest BCUT2D eigenvalue weighted by Crippen LogP contribution is -2.26. The highest BCUT2D eigenvalue weighted by Crippen LogP contribution is 2.21. The molecule has 0 atom stereocenters. The van der Waals surface area contributed by atoms with E-state index in [9.17, 15) is 9.90 Å². The van der Waals surface area contributed by atoms with Gasteiger partial charge in [-0.25, -0.2) is 4.98 Å². The average Bonchev–Trinajstić information content (AvgIpc) is 2.85. The molecular formula is C12H12ClN3O2. The molecule has 0 saturated carbocycles. The van der Waals surface area contributed by atoms with Crippen LogP contribution in [0.1, 0.15) is 16.2 Å². The van der Waals surface area contributed by atoms with Crippen LogP contribution in [0.25, 0.3) is 0 Å². The number of nitrogens with zero attached hydrogens (tertiary/aromatic N) is 1. The van der Waals surface area contributed by atoms with Gasteiger partial charge in [-0.1, -0.05) is 11.6 Å². The Hall–Kier alpha value is -2.01. The van der Waals surface area contributed by atoms with Crippen LogP contribution in [0.3, 0.4) is 0 Å². The van der Waals surface area contributed by atoms with Crippen molar-refractivity contribution >= 4 is 17.5 Å². The van der Waals surface area contributed by atoms with Gasteiger partial charge in [-0.2, -0.15) is 0 Å². The minimum atomic E-state index is -0.360. The smallest absolute Gasteiger partial charge is 0.255 e. The van der Waals surface area contributed by atoms with Crippen molar-refractivity contribution in [2.75, 3.05) is 6.54 Å². The topological polar surface area (TPSA) is 78.0 Å². The van der Waals surface area contributed by atoms with Gasteiger partial charge in [0.25, 0.3) is 5.91 Å². The number of aromatic amines is 1. The maximum absolute atomic E-state index is 11.8. The van der Waals surface area contributed by atoms with E-state index in [1.165, 1.54) is 18.2 Å². The molecule has 0 saturated heterocycles. The van der Waals surface area contributed by atoms with Crippen molar-refractivity contribution in [1.29, 1.82) is 0 Å². The van der Waals surface area contributed by atoms with E-state index in [0.29, 0.717) is 18.0 Å². The van der Waals surface area contributed by atoms with Gasteiger partial charge in [0.15, 0.2) is 0 Å². The zero-order valence-corrected chi connectivity index (χ0v) is 10.2. The summed E-state index contributed by atoms with van der Waals surface area (Å²) >= 11 is 5.77. The first-order valence-corrected chi connectivity index (χ1v) is 5.79. The fraction of sp³-hybridized carbons (Fsp3) is 0.167. The summed E-state index contributed by atoms with van der Waals surface area (Å²) in [6, 6.07) is 4.35. The predicted octanol–water partition coefficient (Wildman–Crippen LogP) is 1.74. The molecule has 1 aromatic heterocycles. The largest absolute Gasteiger partial charge is 0.507 e. The number of aromatic nitrogens is 2. The molecule has 18 heavy (non-hydrogen) atoms. The van der Waals surface area contributed by atoms with E-state index in [1.807, 2.05) is 0 Å². The normalized spacial score (nSPS) is 10.3. The van der Waals surface area contributed by atoms with Crippen LogP contribution in [0.2, 0.25) is 5.02 Å². The lowest BCUT2D eigenvalue weighted by Gasteiger charge is -2.06. The third-order valence-corrected chi connectivity index (χ3v) is 2.64. The minimum Gasteiger partial charge on any atom is -0.507 e. The second kappa shape index (κ2) is 5.55. The number of H-pyrrole nitrogens is 1. The lowest BCUT2D eigenvalue weighted by molar-refractivity contribution is 0.0951. The fourth-order valence-corrected chi connectivity index (χ4v) is 1.69. The third kappa shape index (κ3) is 3.01. The molecule has 0 fully saturated rings. The number of benzene rings is 1. The highest BCUT2D eigenvalue weighted by molar-refractivity contribution is 6.31. The van der Waals surface area contributed by atoms with E-state index in [-0.39, 0.29) is 17.2 Å². The summed E-state index contributed by atoms with van der Waals surface area (Å²) in [6.07, 6.45) is 3.97. The number of aromatic hydroxyl groups is 1. The van der Waals surface area contributed by atoms with Gasteiger partial charge in [0.1, 0.15) is 11.6 Å². The highest BCUT2D eigenvalue weighted by atomic mass is 35.5. The molecule has 1 heterocycles. The Morgan fingerprint density at radius 3 is 3.06 bits per heavy atom. The van der Waals surface area contributed by atoms with Crippen LogP contribution >= 0.6 is 11.6 Å². The number of halogens is 1. The van der Waals surface area contributed by atoms with Gasteiger partial charge in [0.2, 0.25) is 0 Å². The molecule has 2 rings (SSSR count). The Balaban J connectivity index is 1.93. The van der Waals surface area contributed by atoms with Crippen LogP contribution in [0.4, 0.5) is 0 Å². The molecule has 2 aromatic rings. The summed E-state index contributed by atoms with van der Waals surface area (Å²) in [5, 5.41) is 12.6. The molecule has 0 spiro atoms. The number of amides is 1. The molecular weight excluding hydrogens is 254 g/mol. The van der Waals surface area contributed by atoms with E-state index in [1.54, 1.807) is 12.4 Å². The van der Waals surface area contributed by atoms with Crippen molar-refractivity contribution in [1.82, 2.24) is 15.3 Å². The number of nitrogens with one attached hydrogen (secondary N) is 2. The van der Waals surface area contributed by atoms with Gasteiger partial charge in [-0.05, 0) is 18.2 Å². The Bertz CT molecular complexity index is 540. The van der Waals surface area contributed by atoms with Crippen molar-refractivity contribution in [3.05, 3.63) is 47.0 Å². The van der Waals surface area contributed by atoms with Crippen LogP contribution < -0.4 is 5.32 Å². The summed E-state index contributed by atoms with van der Waals surface area (Å²) in [5.41, 5.74) is 0.168. The molecule has 5 nitrogen and oxygen atoms in total. The average molecular weight is 266 g/mol. The number of phenols is 1. The molecule has 94 valence electrons. The van der Waals surface area contributed by atoms with E-state index in [2.05, 4.69) is 15.3 Å². The van der Waals surface area contributed by atoms with Gasteiger partial charge in [0.05, 0.1) is 5.56 Å². The second-order valence-corrected chi connectivity index (χ2v) is 4.14. The molecule has 1 amide bonds. The summed E-state index contributed by atoms with van der Waals surface area (Å²) in [5.74, 6) is 0.349. The monoisotopic (exact) mass is 265 g/mol. The van der Waals surface area contributed by atoms with Crippen LogP contribution in [0, 0.1) is 0 Å². The van der Waals surface area contributed by atoms with E-state index >= 15 is 0 Å². The number of carbonyl (C=O) groups excluding carboxylic acids is 1. The van der Waals surface area contributed by atoms with Crippen molar-refractivity contribution < 1.29 is 9.90 Å². The Kier molecular flexibility index (Phi) is 3.84. The van der Waals surface area contributed by atoms with Crippen LogP contribution in [-0.4, -0.2) is 27.5 Å². The molecule has 1 aromatic carbocycles. The molecule has 0 aliphatic rings. The zero-order valence-electron chi connectivity index (χ0n) is 9.48. The van der Waals surface area contributed by atoms with Gasteiger partial charge < -0.3 is 15.4 Å². The zero-order chi connectivity index (χ0) is 13.0. The summed E-state index contributed by atoms with van der Waals surface area (Å²) in [6.45, 7) is 0.429. The standard InChI is InChI=1S/C12H12ClN3O2/c13-8-1-2-10(17)9(7-8)12(18)16-4-3-11-14-5-6-15-11/h1-2,5-7,17H,3-4H2,(H,14,15)(H,16,18). The Morgan fingerprint density at radius 2 is 2.33 bits per heavy atom. The van der Waals surface area contributed by atoms with Crippen molar-refractivity contribution in [3.63, 3.8) is 0 Å². The number of phenolic OH excluding ortho intramolecular Hbond substituents is 1.